The first-order chi connectivity index (χ1) is 4.66. The standard InChI is InChI=1S/C8H10O2/c1-7(6-9)4-3-5-8(2)10/h3-6H,1-2H3/b5-3-,7-4+. The van der Waals surface area contributed by atoms with E-state index in [-0.39, 0.29) is 5.78 Å². The van der Waals surface area contributed by atoms with Gasteiger partial charge in [0.25, 0.3) is 0 Å². The molecule has 0 amide bonds. The van der Waals surface area contributed by atoms with E-state index in [1.165, 1.54) is 13.0 Å². The Morgan fingerprint density at radius 2 is 1.90 bits per heavy atom. The molecule has 0 radical (unpaired) electrons. The highest BCUT2D eigenvalue weighted by atomic mass is 16.1. The number of carbonyl (C=O) groups excluding carboxylic acids is 2. The Morgan fingerprint density at radius 3 is 2.30 bits per heavy atom. The Bertz CT molecular complexity index is 187. The second kappa shape index (κ2) is 4.68. The van der Waals surface area contributed by atoms with Gasteiger partial charge in [0.15, 0.2) is 5.78 Å². The number of ketones is 1. The van der Waals surface area contributed by atoms with Gasteiger partial charge in [0.2, 0.25) is 0 Å². The van der Waals surface area contributed by atoms with Crippen LogP contribution in [0.25, 0.3) is 0 Å². The molecule has 54 valence electrons. The average molecular weight is 138 g/mol. The molecule has 0 bridgehead atoms. The van der Waals surface area contributed by atoms with Crippen molar-refractivity contribution in [2.75, 3.05) is 0 Å². The fraction of sp³-hybridized carbons (Fsp3) is 0.250. The van der Waals surface area contributed by atoms with Gasteiger partial charge in [-0.1, -0.05) is 12.2 Å². The minimum absolute atomic E-state index is 0.0186. The smallest absolute Gasteiger partial charge is 0.152 e. The lowest BCUT2D eigenvalue weighted by Gasteiger charge is -1.79. The van der Waals surface area contributed by atoms with Crippen LogP contribution >= 0.6 is 0 Å². The Hall–Kier alpha value is -1.18. The molecule has 0 saturated heterocycles. The topological polar surface area (TPSA) is 34.1 Å². The zero-order chi connectivity index (χ0) is 7.98. The molecule has 0 aromatic heterocycles. The summed E-state index contributed by atoms with van der Waals surface area (Å²) in [7, 11) is 0. The lowest BCUT2D eigenvalue weighted by atomic mass is 10.3. The van der Waals surface area contributed by atoms with Crippen molar-refractivity contribution in [3.05, 3.63) is 23.8 Å². The van der Waals surface area contributed by atoms with Gasteiger partial charge in [-0.05, 0) is 25.5 Å². The highest BCUT2D eigenvalue weighted by molar-refractivity contribution is 5.87. The van der Waals surface area contributed by atoms with Crippen LogP contribution in [0.3, 0.4) is 0 Å². The second-order valence-corrected chi connectivity index (χ2v) is 2.00. The highest BCUT2D eigenvalue weighted by Crippen LogP contribution is 1.86. The van der Waals surface area contributed by atoms with E-state index in [4.69, 9.17) is 0 Å². The first kappa shape index (κ1) is 8.82. The molecule has 0 aliphatic rings. The Balaban J connectivity index is 3.93. The van der Waals surface area contributed by atoms with Gasteiger partial charge in [-0.2, -0.15) is 0 Å². The highest BCUT2D eigenvalue weighted by Gasteiger charge is 1.80. The normalized spacial score (nSPS) is 12.0. The van der Waals surface area contributed by atoms with E-state index in [1.807, 2.05) is 0 Å². The third-order valence-electron chi connectivity index (χ3n) is 0.876. The predicted molar refractivity (Wildman–Crippen MR) is 39.6 cm³/mol. The SMILES string of the molecule is CC(=O)/C=C\C=C(/C)C=O. The van der Waals surface area contributed by atoms with Crippen molar-refractivity contribution in [3.8, 4) is 0 Å². The fourth-order valence-electron chi connectivity index (χ4n) is 0.375. The molecule has 2 heteroatoms. The molecule has 2 nitrogen and oxygen atoms in total. The minimum Gasteiger partial charge on any atom is -0.298 e. The number of carbonyl (C=O) groups is 2. The quantitative estimate of drug-likeness (QED) is 0.334. The first-order valence-electron chi connectivity index (χ1n) is 2.97. The maximum absolute atomic E-state index is 10.3. The van der Waals surface area contributed by atoms with E-state index in [0.717, 1.165) is 6.29 Å². The van der Waals surface area contributed by atoms with E-state index < -0.39 is 0 Å². The van der Waals surface area contributed by atoms with Crippen LogP contribution in [0, 0.1) is 0 Å². The van der Waals surface area contributed by atoms with Gasteiger partial charge in [-0.3, -0.25) is 9.59 Å². The van der Waals surface area contributed by atoms with Gasteiger partial charge >= 0.3 is 0 Å². The number of allylic oxidation sites excluding steroid dienone is 4. The van der Waals surface area contributed by atoms with E-state index in [0.29, 0.717) is 5.57 Å². The molecular weight excluding hydrogens is 128 g/mol. The van der Waals surface area contributed by atoms with Crippen molar-refractivity contribution in [1.82, 2.24) is 0 Å². The minimum atomic E-state index is -0.0186. The second-order valence-electron chi connectivity index (χ2n) is 2.00. The summed E-state index contributed by atoms with van der Waals surface area (Å²) in [6.07, 6.45) is 5.30. The lowest BCUT2D eigenvalue weighted by Crippen LogP contribution is -1.79. The molecule has 0 fully saturated rings. The van der Waals surface area contributed by atoms with Gasteiger partial charge in [-0.25, -0.2) is 0 Å². The van der Waals surface area contributed by atoms with Crippen molar-refractivity contribution < 1.29 is 9.59 Å². The van der Waals surface area contributed by atoms with Crippen LogP contribution in [0.1, 0.15) is 13.8 Å². The van der Waals surface area contributed by atoms with Crippen LogP contribution in [0.2, 0.25) is 0 Å². The van der Waals surface area contributed by atoms with Crippen molar-refractivity contribution in [2.24, 2.45) is 0 Å². The van der Waals surface area contributed by atoms with Crippen LogP contribution < -0.4 is 0 Å². The number of aldehydes is 1. The van der Waals surface area contributed by atoms with E-state index >= 15 is 0 Å². The van der Waals surface area contributed by atoms with E-state index in [9.17, 15) is 9.59 Å². The van der Waals surface area contributed by atoms with Gasteiger partial charge in [0.1, 0.15) is 6.29 Å². The van der Waals surface area contributed by atoms with Gasteiger partial charge < -0.3 is 0 Å². The Kier molecular flexibility index (Phi) is 4.12. The van der Waals surface area contributed by atoms with Gasteiger partial charge in [0, 0.05) is 0 Å². The van der Waals surface area contributed by atoms with Crippen molar-refractivity contribution in [1.29, 1.82) is 0 Å². The molecule has 0 rings (SSSR count). The van der Waals surface area contributed by atoms with E-state index in [1.54, 1.807) is 19.1 Å². The number of rotatable bonds is 3. The molecule has 0 heterocycles. The summed E-state index contributed by atoms with van der Waals surface area (Å²) in [4.78, 5) is 20.3. The van der Waals surface area contributed by atoms with Gasteiger partial charge in [-0.15, -0.1) is 0 Å². The zero-order valence-electron chi connectivity index (χ0n) is 6.13. The summed E-state index contributed by atoms with van der Waals surface area (Å²) >= 11 is 0. The monoisotopic (exact) mass is 138 g/mol. The molecule has 0 atom stereocenters. The summed E-state index contributed by atoms with van der Waals surface area (Å²) < 4.78 is 0. The third-order valence-corrected chi connectivity index (χ3v) is 0.876. The molecular formula is C8H10O2. The summed E-state index contributed by atoms with van der Waals surface area (Å²) in [5, 5.41) is 0. The molecule has 0 aliphatic heterocycles. The maximum atomic E-state index is 10.3. The largest absolute Gasteiger partial charge is 0.298 e. The predicted octanol–water partition coefficient (Wildman–Crippen LogP) is 1.28. The molecule has 0 aromatic carbocycles. The summed E-state index contributed by atoms with van der Waals surface area (Å²) in [6.45, 7) is 3.14. The molecule has 0 spiro atoms. The van der Waals surface area contributed by atoms with Crippen molar-refractivity contribution in [3.63, 3.8) is 0 Å². The van der Waals surface area contributed by atoms with Crippen LogP contribution in [-0.2, 0) is 9.59 Å². The zero-order valence-corrected chi connectivity index (χ0v) is 6.13. The summed E-state index contributed by atoms with van der Waals surface area (Å²) in [5.41, 5.74) is 0.609. The Labute approximate surface area is 60.2 Å². The van der Waals surface area contributed by atoms with Crippen LogP contribution in [0.5, 0.6) is 0 Å². The fourth-order valence-corrected chi connectivity index (χ4v) is 0.375. The number of hydrogen-bond acceptors (Lipinski definition) is 2. The van der Waals surface area contributed by atoms with Crippen LogP contribution in [-0.4, -0.2) is 12.1 Å². The van der Waals surface area contributed by atoms with Gasteiger partial charge in [0.05, 0.1) is 0 Å². The van der Waals surface area contributed by atoms with Crippen LogP contribution in [0.4, 0.5) is 0 Å². The number of hydrogen-bond donors (Lipinski definition) is 0. The molecule has 0 saturated carbocycles. The molecule has 0 aromatic rings. The van der Waals surface area contributed by atoms with Crippen molar-refractivity contribution in [2.45, 2.75) is 13.8 Å². The summed E-state index contributed by atoms with van der Waals surface area (Å²) in [5.74, 6) is -0.0186. The average Bonchev–Trinajstić information content (AvgIpc) is 1.87. The maximum Gasteiger partial charge on any atom is 0.152 e. The molecule has 0 unspecified atom stereocenters. The first-order valence-corrected chi connectivity index (χ1v) is 2.97. The summed E-state index contributed by atoms with van der Waals surface area (Å²) in [6, 6.07) is 0. The lowest BCUT2D eigenvalue weighted by molar-refractivity contribution is -0.112. The third kappa shape index (κ3) is 4.97. The van der Waals surface area contributed by atoms with Crippen LogP contribution in [0.15, 0.2) is 23.8 Å². The molecule has 0 aliphatic carbocycles. The van der Waals surface area contributed by atoms with E-state index in [2.05, 4.69) is 0 Å². The Morgan fingerprint density at radius 1 is 1.30 bits per heavy atom. The molecule has 10 heavy (non-hydrogen) atoms. The van der Waals surface area contributed by atoms with Crippen molar-refractivity contribution >= 4 is 12.1 Å². The molecule has 0 N–H and O–H groups in total.